The highest BCUT2D eigenvalue weighted by Crippen LogP contribution is 2.22. The van der Waals surface area contributed by atoms with Crippen molar-refractivity contribution in [2.24, 2.45) is 0 Å². The summed E-state index contributed by atoms with van der Waals surface area (Å²) in [5.41, 5.74) is 1.60. The van der Waals surface area contributed by atoms with Gasteiger partial charge in [-0.3, -0.25) is 4.79 Å². The van der Waals surface area contributed by atoms with Gasteiger partial charge in [0.1, 0.15) is 11.5 Å². The Morgan fingerprint density at radius 1 is 1.27 bits per heavy atom. The molecule has 0 unspecified atom stereocenters. The molecule has 0 saturated heterocycles. The molecule has 0 aliphatic rings. The molecular weight excluding hydrogens is 214 g/mol. The number of carbonyl (C=O) groups is 1. The molecule has 4 nitrogen and oxygen atoms in total. The normalized spacial score (nSPS) is 9.20. The van der Waals surface area contributed by atoms with E-state index in [9.17, 15) is 4.79 Å². The van der Waals surface area contributed by atoms with Gasteiger partial charge in [-0.05, 0) is 12.1 Å². The second-order valence-corrected chi connectivity index (χ2v) is 2.93. The van der Waals surface area contributed by atoms with Crippen LogP contribution in [-0.4, -0.2) is 25.6 Å². The van der Waals surface area contributed by atoms with E-state index in [2.05, 4.69) is 17.5 Å². The summed E-state index contributed by atoms with van der Waals surface area (Å²) in [5.74, 6) is 0.829. The number of ether oxygens (including phenoxy) is 2. The number of hydrogen-bond acceptors (Lipinski definition) is 4. The van der Waals surface area contributed by atoms with Gasteiger partial charge in [0, 0.05) is 11.6 Å². The maximum absolute atomic E-state index is 11.5. The van der Waals surface area contributed by atoms with Crippen LogP contribution in [0.1, 0.15) is 10.4 Å². The monoisotopic (exact) mass is 225 g/mol. The Morgan fingerprint density at radius 3 is 2.20 bits per heavy atom. The van der Waals surface area contributed by atoms with Gasteiger partial charge in [-0.2, -0.15) is 0 Å². The summed E-state index contributed by atoms with van der Waals surface area (Å²) < 4.78 is 10.1. The number of hydrogen-bond donors (Lipinski definition) is 1. The molecule has 0 spiro atoms. The maximum Gasteiger partial charge on any atom is 0.256 e. The summed E-state index contributed by atoms with van der Waals surface area (Å²) in [7, 11) is 3.05. The summed E-state index contributed by atoms with van der Waals surface area (Å²) in [6, 6.07) is 4.90. The Balaban J connectivity index is 3.06. The van der Waals surface area contributed by atoms with Crippen LogP contribution >= 0.6 is 12.2 Å². The van der Waals surface area contributed by atoms with E-state index in [1.807, 2.05) is 0 Å². The third kappa shape index (κ3) is 2.92. The first kappa shape index (κ1) is 11.5. The molecule has 1 aromatic rings. The number of benzene rings is 1. The number of carbonyl (C=O) groups excluding carboxylic acids is 1. The minimum atomic E-state index is -0.290. The minimum Gasteiger partial charge on any atom is -0.497 e. The van der Waals surface area contributed by atoms with Crippen molar-refractivity contribution in [1.82, 2.24) is 5.32 Å². The van der Waals surface area contributed by atoms with E-state index in [0.717, 1.165) is 5.49 Å². The number of methoxy groups -OCH3 is 2. The molecule has 5 heteroatoms. The van der Waals surface area contributed by atoms with Crippen LogP contribution in [-0.2, 0) is 0 Å². The number of rotatable bonds is 4. The lowest BCUT2D eigenvalue weighted by Gasteiger charge is -2.07. The van der Waals surface area contributed by atoms with Crippen LogP contribution in [0.2, 0.25) is 0 Å². The van der Waals surface area contributed by atoms with Gasteiger partial charge in [-0.15, -0.1) is 0 Å². The maximum atomic E-state index is 11.5. The zero-order valence-electron chi connectivity index (χ0n) is 8.44. The van der Waals surface area contributed by atoms with Gasteiger partial charge in [0.25, 0.3) is 5.91 Å². The fraction of sp³-hybridized carbons (Fsp3) is 0.200. The van der Waals surface area contributed by atoms with Crippen LogP contribution in [0.15, 0.2) is 18.2 Å². The molecule has 15 heavy (non-hydrogen) atoms. The molecule has 1 rings (SSSR count). The van der Waals surface area contributed by atoms with Gasteiger partial charge in [0.2, 0.25) is 0 Å². The largest absolute Gasteiger partial charge is 0.497 e. The summed E-state index contributed by atoms with van der Waals surface area (Å²) in [6.07, 6.45) is 0. The van der Waals surface area contributed by atoms with E-state index >= 15 is 0 Å². The molecule has 80 valence electrons. The molecule has 0 saturated carbocycles. The minimum absolute atomic E-state index is 0.290. The first-order valence-electron chi connectivity index (χ1n) is 4.19. The topological polar surface area (TPSA) is 47.6 Å². The first-order chi connectivity index (χ1) is 7.21. The van der Waals surface area contributed by atoms with Crippen molar-refractivity contribution in [1.29, 1.82) is 0 Å². The second-order valence-electron chi connectivity index (χ2n) is 2.69. The lowest BCUT2D eigenvalue weighted by Crippen LogP contribution is -2.20. The van der Waals surface area contributed by atoms with E-state index in [1.54, 1.807) is 18.2 Å². The molecule has 0 aliphatic carbocycles. The Hall–Kier alpha value is -1.62. The molecule has 1 amide bonds. The molecule has 0 atom stereocenters. The van der Waals surface area contributed by atoms with Crippen LogP contribution in [0.25, 0.3) is 0 Å². The fourth-order valence-corrected chi connectivity index (χ4v) is 1.18. The predicted octanol–water partition coefficient (Wildman–Crippen LogP) is 1.39. The Morgan fingerprint density at radius 2 is 1.80 bits per heavy atom. The van der Waals surface area contributed by atoms with Crippen LogP contribution in [0, 0.1) is 0 Å². The standard InChI is InChI=1S/C10H11NO3S/c1-13-8-3-7(10(12)11-6-15)4-9(5-8)14-2/h3-6H,1-2H3,(H,11,12,15). The van der Waals surface area contributed by atoms with Crippen molar-refractivity contribution in [2.75, 3.05) is 14.2 Å². The van der Waals surface area contributed by atoms with Crippen molar-refractivity contribution in [3.63, 3.8) is 0 Å². The summed E-state index contributed by atoms with van der Waals surface area (Å²) in [5, 5.41) is 2.40. The van der Waals surface area contributed by atoms with E-state index in [0.29, 0.717) is 17.1 Å². The fourth-order valence-electron chi connectivity index (χ4n) is 1.08. The van der Waals surface area contributed by atoms with Crippen molar-refractivity contribution in [3.8, 4) is 11.5 Å². The highest BCUT2D eigenvalue weighted by atomic mass is 32.1. The zero-order valence-corrected chi connectivity index (χ0v) is 9.26. The van der Waals surface area contributed by atoms with E-state index in [1.165, 1.54) is 14.2 Å². The molecule has 0 bridgehead atoms. The average Bonchev–Trinajstić information content (AvgIpc) is 2.28. The van der Waals surface area contributed by atoms with Crippen LogP contribution in [0.3, 0.4) is 0 Å². The van der Waals surface area contributed by atoms with Gasteiger partial charge >= 0.3 is 0 Å². The Kier molecular flexibility index (Phi) is 4.05. The molecule has 0 heterocycles. The predicted molar refractivity (Wildman–Crippen MR) is 60.7 cm³/mol. The van der Waals surface area contributed by atoms with Crippen LogP contribution in [0.5, 0.6) is 11.5 Å². The van der Waals surface area contributed by atoms with Crippen LogP contribution < -0.4 is 14.8 Å². The molecule has 0 radical (unpaired) electrons. The molecular formula is C10H11NO3S. The lowest BCUT2D eigenvalue weighted by molar-refractivity contribution is 0.0978. The smallest absolute Gasteiger partial charge is 0.256 e. The second kappa shape index (κ2) is 5.31. The molecule has 0 fully saturated rings. The van der Waals surface area contributed by atoms with E-state index < -0.39 is 0 Å². The SMILES string of the molecule is COc1cc(OC)cc(C(=O)NC=S)c1. The van der Waals surface area contributed by atoms with Gasteiger partial charge in [0.05, 0.1) is 19.7 Å². The van der Waals surface area contributed by atoms with Crippen molar-refractivity contribution in [3.05, 3.63) is 23.8 Å². The van der Waals surface area contributed by atoms with Crippen molar-refractivity contribution in [2.45, 2.75) is 0 Å². The van der Waals surface area contributed by atoms with E-state index in [4.69, 9.17) is 9.47 Å². The number of nitrogens with one attached hydrogen (secondary N) is 1. The molecule has 1 aromatic carbocycles. The van der Waals surface area contributed by atoms with Gasteiger partial charge in [0.15, 0.2) is 0 Å². The third-order valence-electron chi connectivity index (χ3n) is 1.80. The van der Waals surface area contributed by atoms with Gasteiger partial charge in [-0.25, -0.2) is 0 Å². The number of thiocarbonyl (C=S) groups is 1. The third-order valence-corrected chi connectivity index (χ3v) is 1.92. The van der Waals surface area contributed by atoms with Crippen molar-refractivity contribution >= 4 is 23.6 Å². The molecule has 0 aliphatic heterocycles. The lowest BCUT2D eigenvalue weighted by atomic mass is 10.2. The highest BCUT2D eigenvalue weighted by Gasteiger charge is 2.08. The van der Waals surface area contributed by atoms with Crippen LogP contribution in [0.4, 0.5) is 0 Å². The first-order valence-corrected chi connectivity index (χ1v) is 4.66. The average molecular weight is 225 g/mol. The Labute approximate surface area is 93.2 Å². The summed E-state index contributed by atoms with van der Waals surface area (Å²) in [6.45, 7) is 0. The summed E-state index contributed by atoms with van der Waals surface area (Å²) >= 11 is 4.53. The van der Waals surface area contributed by atoms with Gasteiger partial charge in [-0.1, -0.05) is 12.2 Å². The summed E-state index contributed by atoms with van der Waals surface area (Å²) in [4.78, 5) is 11.5. The highest BCUT2D eigenvalue weighted by molar-refractivity contribution is 7.78. The Bertz CT molecular complexity index is 357. The molecule has 0 aromatic heterocycles. The zero-order chi connectivity index (χ0) is 11.3. The number of amides is 1. The van der Waals surface area contributed by atoms with Gasteiger partial charge < -0.3 is 14.8 Å². The quantitative estimate of drug-likeness (QED) is 0.787. The van der Waals surface area contributed by atoms with E-state index in [-0.39, 0.29) is 5.91 Å². The molecule has 1 N–H and O–H groups in total. The van der Waals surface area contributed by atoms with Crippen molar-refractivity contribution < 1.29 is 14.3 Å².